The Morgan fingerprint density at radius 3 is 1.29 bits per heavy atom. The summed E-state index contributed by atoms with van der Waals surface area (Å²) in [4.78, 5) is 19.3. The Hall–Kier alpha value is -1.68. The molecule has 0 amide bonds. The third kappa shape index (κ3) is 42.7. The van der Waals surface area contributed by atoms with E-state index in [0.717, 1.165) is 25.7 Å². The fourth-order valence-corrected chi connectivity index (χ4v) is 1.01. The molecule has 0 saturated heterocycles. The fourth-order valence-electron chi connectivity index (χ4n) is 0.848. The van der Waals surface area contributed by atoms with Crippen LogP contribution >= 0.6 is 24.4 Å². The maximum Gasteiger partial charge on any atom is 0.303 e. The van der Waals surface area contributed by atoms with Gasteiger partial charge in [0.2, 0.25) is 0 Å². The third-order valence-electron chi connectivity index (χ3n) is 2.04. The van der Waals surface area contributed by atoms with Gasteiger partial charge < -0.3 is 31.2 Å². The largest absolute Gasteiger partial charge is 0.481 e. The van der Waals surface area contributed by atoms with Crippen LogP contribution in [-0.2, 0) is 19.1 Å². The highest BCUT2D eigenvalue weighted by molar-refractivity contribution is 7.80. The van der Waals surface area contributed by atoms with Gasteiger partial charge in [-0.05, 0) is 37.3 Å². The van der Waals surface area contributed by atoms with Gasteiger partial charge in [-0.25, -0.2) is 0 Å². The minimum absolute atomic E-state index is 0.151. The Morgan fingerprint density at radius 2 is 1.12 bits per heavy atom. The zero-order valence-corrected chi connectivity index (χ0v) is 15.8. The van der Waals surface area contributed by atoms with Crippen molar-refractivity contribution in [2.75, 3.05) is 13.2 Å². The van der Waals surface area contributed by atoms with Crippen LogP contribution in [0.25, 0.3) is 0 Å². The number of carbonyl (C=O) groups is 2. The Kier molecular flexibility index (Phi) is 24.1. The number of unbranched alkanes of at least 4 members (excludes halogenated alkanes) is 2. The van der Waals surface area contributed by atoms with E-state index in [1.54, 1.807) is 0 Å². The number of carboxylic acids is 2. The SMILES string of the molecule is CCCCOC(N)=S.CCCCOC(N)=S.O=C(O)CCC(=O)O. The summed E-state index contributed by atoms with van der Waals surface area (Å²) < 4.78 is 9.58. The van der Waals surface area contributed by atoms with Crippen LogP contribution < -0.4 is 11.5 Å². The van der Waals surface area contributed by atoms with E-state index >= 15 is 0 Å². The van der Waals surface area contributed by atoms with Gasteiger partial charge in [0, 0.05) is 0 Å². The first-order valence-electron chi connectivity index (χ1n) is 7.45. The molecule has 10 heteroatoms. The Morgan fingerprint density at radius 1 is 0.833 bits per heavy atom. The lowest BCUT2D eigenvalue weighted by atomic mass is 10.3. The van der Waals surface area contributed by atoms with E-state index in [4.69, 9.17) is 31.2 Å². The molecule has 0 fully saturated rings. The van der Waals surface area contributed by atoms with Gasteiger partial charge in [-0.1, -0.05) is 26.7 Å². The molecule has 0 aromatic rings. The highest BCUT2D eigenvalue weighted by Crippen LogP contribution is 1.87. The van der Waals surface area contributed by atoms with Crippen molar-refractivity contribution in [3.8, 4) is 0 Å². The standard InChI is InChI=1S/2C5H11NOS.C4H6O4/c2*1-2-3-4-7-5(6)8;5-3(6)1-2-4(7)8/h2*2-4H2,1H3,(H2,6,8);1-2H2,(H,5,6)(H,7,8). The molecule has 0 aliphatic rings. The van der Waals surface area contributed by atoms with Crippen molar-refractivity contribution < 1.29 is 29.3 Å². The van der Waals surface area contributed by atoms with Crippen LogP contribution in [0.3, 0.4) is 0 Å². The number of hydrogen-bond donors (Lipinski definition) is 4. The van der Waals surface area contributed by atoms with E-state index in [0.29, 0.717) is 13.2 Å². The average molecular weight is 385 g/mol. The number of carboxylic acid groups (broad SMARTS) is 2. The van der Waals surface area contributed by atoms with Gasteiger partial charge in [0.05, 0.1) is 26.1 Å². The monoisotopic (exact) mass is 384 g/mol. The predicted molar refractivity (Wildman–Crippen MR) is 99.8 cm³/mol. The van der Waals surface area contributed by atoms with Gasteiger partial charge in [0.15, 0.2) is 0 Å². The Bertz CT molecular complexity index is 333. The molecule has 142 valence electrons. The van der Waals surface area contributed by atoms with Crippen molar-refractivity contribution >= 4 is 46.7 Å². The minimum atomic E-state index is -1.08. The maximum atomic E-state index is 9.64. The summed E-state index contributed by atoms with van der Waals surface area (Å²) in [5.74, 6) is -2.15. The van der Waals surface area contributed by atoms with Crippen LogP contribution in [0, 0.1) is 0 Å². The van der Waals surface area contributed by atoms with Crippen LogP contribution in [0.1, 0.15) is 52.4 Å². The van der Waals surface area contributed by atoms with Crippen LogP contribution in [0.15, 0.2) is 0 Å². The van der Waals surface area contributed by atoms with E-state index < -0.39 is 11.9 Å². The third-order valence-corrected chi connectivity index (χ3v) is 2.27. The summed E-state index contributed by atoms with van der Waals surface area (Å²) in [5.41, 5.74) is 10.1. The summed E-state index contributed by atoms with van der Waals surface area (Å²) >= 11 is 8.93. The van der Waals surface area contributed by atoms with E-state index in [1.807, 2.05) is 0 Å². The molecule has 0 radical (unpaired) electrons. The predicted octanol–water partition coefficient (Wildman–Crippen LogP) is 2.03. The number of nitrogens with two attached hydrogens (primary N) is 2. The highest BCUT2D eigenvalue weighted by atomic mass is 32.1. The van der Waals surface area contributed by atoms with E-state index in [9.17, 15) is 9.59 Å². The topological polar surface area (TPSA) is 145 Å². The molecule has 0 unspecified atom stereocenters. The molecule has 0 aromatic carbocycles. The molecule has 0 heterocycles. The summed E-state index contributed by atoms with van der Waals surface area (Å²) in [6.45, 7) is 5.49. The first-order valence-corrected chi connectivity index (χ1v) is 8.26. The smallest absolute Gasteiger partial charge is 0.303 e. The van der Waals surface area contributed by atoms with Crippen molar-refractivity contribution in [1.82, 2.24) is 0 Å². The molecule has 8 nitrogen and oxygen atoms in total. The molecule has 0 bridgehead atoms. The molecule has 0 aliphatic carbocycles. The molecule has 6 N–H and O–H groups in total. The summed E-state index contributed by atoms with van der Waals surface area (Å²) in [6.07, 6.45) is 3.69. The molecule has 0 atom stereocenters. The maximum absolute atomic E-state index is 9.64. The molecular weight excluding hydrogens is 356 g/mol. The van der Waals surface area contributed by atoms with Crippen LogP contribution in [0.4, 0.5) is 0 Å². The first-order chi connectivity index (χ1) is 11.2. The normalized spacial score (nSPS) is 8.58. The first kappa shape index (κ1) is 27.2. The second-order valence-corrected chi connectivity index (χ2v) is 5.13. The average Bonchev–Trinajstić information content (AvgIpc) is 2.46. The van der Waals surface area contributed by atoms with E-state index in [1.165, 1.54) is 0 Å². The lowest BCUT2D eigenvalue weighted by Crippen LogP contribution is -2.12. The van der Waals surface area contributed by atoms with Crippen molar-refractivity contribution in [2.45, 2.75) is 52.4 Å². The number of aliphatic carboxylic acids is 2. The van der Waals surface area contributed by atoms with E-state index in [2.05, 4.69) is 38.3 Å². The molecule has 0 rings (SSSR count). The van der Waals surface area contributed by atoms with Crippen molar-refractivity contribution in [2.24, 2.45) is 11.5 Å². The summed E-state index contributed by atoms with van der Waals surface area (Å²) in [7, 11) is 0. The van der Waals surface area contributed by atoms with Gasteiger partial charge in [0.1, 0.15) is 0 Å². The zero-order valence-electron chi connectivity index (χ0n) is 14.2. The Labute approximate surface area is 153 Å². The number of ether oxygens (including phenoxy) is 2. The molecule has 0 aliphatic heterocycles. The van der Waals surface area contributed by atoms with Crippen molar-refractivity contribution in [1.29, 1.82) is 0 Å². The number of thiocarbonyl (C=S) groups is 2. The second-order valence-electron chi connectivity index (χ2n) is 4.33. The highest BCUT2D eigenvalue weighted by Gasteiger charge is 2.00. The van der Waals surface area contributed by atoms with Gasteiger partial charge in [0.25, 0.3) is 10.3 Å². The van der Waals surface area contributed by atoms with Gasteiger partial charge >= 0.3 is 11.9 Å². The quantitative estimate of drug-likeness (QED) is 0.344. The van der Waals surface area contributed by atoms with Crippen LogP contribution in [0.5, 0.6) is 0 Å². The van der Waals surface area contributed by atoms with Gasteiger partial charge in [-0.2, -0.15) is 0 Å². The summed E-state index contributed by atoms with van der Waals surface area (Å²) in [5, 5.41) is 16.1. The van der Waals surface area contributed by atoms with Crippen LogP contribution in [-0.4, -0.2) is 45.7 Å². The van der Waals surface area contributed by atoms with E-state index in [-0.39, 0.29) is 23.2 Å². The molecular formula is C14H28N2O6S2. The lowest BCUT2D eigenvalue weighted by Gasteiger charge is -1.98. The Balaban J connectivity index is -0.000000276. The van der Waals surface area contributed by atoms with Crippen LogP contribution in [0.2, 0.25) is 0 Å². The van der Waals surface area contributed by atoms with Gasteiger partial charge in [-0.3, -0.25) is 9.59 Å². The van der Waals surface area contributed by atoms with Crippen molar-refractivity contribution in [3.05, 3.63) is 0 Å². The zero-order chi connectivity index (χ0) is 19.4. The number of rotatable bonds is 9. The van der Waals surface area contributed by atoms with Gasteiger partial charge in [-0.15, -0.1) is 0 Å². The molecule has 0 spiro atoms. The second kappa shape index (κ2) is 21.3. The minimum Gasteiger partial charge on any atom is -0.481 e. The number of hydrogen-bond acceptors (Lipinski definition) is 6. The summed E-state index contributed by atoms with van der Waals surface area (Å²) in [6, 6.07) is 0. The fraction of sp³-hybridized carbons (Fsp3) is 0.714. The molecule has 0 saturated carbocycles. The molecule has 0 aromatic heterocycles. The lowest BCUT2D eigenvalue weighted by molar-refractivity contribution is -0.143. The molecule has 24 heavy (non-hydrogen) atoms. The van der Waals surface area contributed by atoms with Crippen molar-refractivity contribution in [3.63, 3.8) is 0 Å².